The Morgan fingerprint density at radius 1 is 1.48 bits per heavy atom. The van der Waals surface area contributed by atoms with Gasteiger partial charge in [-0.15, -0.1) is 0 Å². The third-order valence-electron chi connectivity index (χ3n) is 3.61. The molecule has 1 unspecified atom stereocenters. The van der Waals surface area contributed by atoms with Crippen LogP contribution in [0.4, 0.5) is 4.79 Å². The normalized spacial score (nSPS) is 18.4. The van der Waals surface area contributed by atoms with Crippen LogP contribution in [0.3, 0.4) is 0 Å². The Kier molecular flexibility index (Phi) is 5.87. The number of nitrogens with one attached hydrogen (secondary N) is 1. The van der Waals surface area contributed by atoms with Crippen molar-refractivity contribution in [2.45, 2.75) is 32.5 Å². The van der Waals surface area contributed by atoms with E-state index in [0.717, 1.165) is 30.7 Å². The predicted octanol–water partition coefficient (Wildman–Crippen LogP) is 2.41. The third-order valence-corrected chi connectivity index (χ3v) is 3.61. The molecular weight excluding hydrogens is 268 g/mol. The van der Waals surface area contributed by atoms with E-state index in [2.05, 4.69) is 5.32 Å². The number of nitrogens with zero attached hydrogens (tertiary/aromatic N) is 1. The second-order valence-corrected chi connectivity index (χ2v) is 5.21. The Morgan fingerprint density at radius 3 is 3.10 bits per heavy atom. The third kappa shape index (κ3) is 4.63. The Balaban J connectivity index is 1.83. The van der Waals surface area contributed by atoms with Crippen molar-refractivity contribution >= 4 is 6.03 Å². The van der Waals surface area contributed by atoms with Gasteiger partial charge in [0, 0.05) is 19.6 Å². The summed E-state index contributed by atoms with van der Waals surface area (Å²) in [5.41, 5.74) is 1.09. The average molecular weight is 292 g/mol. The van der Waals surface area contributed by atoms with Gasteiger partial charge in [-0.05, 0) is 37.5 Å². The molecule has 0 radical (unpaired) electrons. The Hall–Kier alpha value is -1.75. The highest BCUT2D eigenvalue weighted by Gasteiger charge is 2.23. The van der Waals surface area contributed by atoms with Crippen LogP contribution in [0.1, 0.15) is 25.3 Å². The lowest BCUT2D eigenvalue weighted by molar-refractivity contribution is -0.000327. The van der Waals surface area contributed by atoms with Gasteiger partial charge in [0.15, 0.2) is 0 Å². The van der Waals surface area contributed by atoms with Crippen molar-refractivity contribution in [2.75, 3.05) is 26.7 Å². The van der Waals surface area contributed by atoms with E-state index in [-0.39, 0.29) is 12.1 Å². The first-order valence-corrected chi connectivity index (χ1v) is 7.50. The number of urea groups is 1. The molecule has 1 aromatic rings. The molecule has 0 saturated carbocycles. The van der Waals surface area contributed by atoms with Gasteiger partial charge in [0.2, 0.25) is 0 Å². The lowest BCUT2D eigenvalue weighted by atomic mass is 10.1. The second kappa shape index (κ2) is 7.88. The molecule has 0 aromatic heterocycles. The molecule has 2 rings (SSSR count). The maximum atomic E-state index is 11.8. The quantitative estimate of drug-likeness (QED) is 0.906. The van der Waals surface area contributed by atoms with Crippen LogP contribution < -0.4 is 10.1 Å². The molecule has 1 heterocycles. The molecule has 1 aliphatic rings. The molecule has 0 aliphatic carbocycles. The molecule has 116 valence electrons. The zero-order chi connectivity index (χ0) is 15.1. The number of carbonyl (C=O) groups is 1. The smallest absolute Gasteiger partial charge is 0.317 e. The van der Waals surface area contributed by atoms with Crippen molar-refractivity contribution in [3.63, 3.8) is 0 Å². The maximum absolute atomic E-state index is 11.8. The van der Waals surface area contributed by atoms with E-state index in [0.29, 0.717) is 19.7 Å². The minimum atomic E-state index is 0.00665. The monoisotopic (exact) mass is 292 g/mol. The molecule has 1 fully saturated rings. The lowest BCUT2D eigenvalue weighted by Gasteiger charge is -2.32. The summed E-state index contributed by atoms with van der Waals surface area (Å²) < 4.78 is 11.2. The van der Waals surface area contributed by atoms with Gasteiger partial charge in [0.05, 0.1) is 19.8 Å². The Bertz CT molecular complexity index is 465. The molecular formula is C16H24N2O3. The highest BCUT2D eigenvalue weighted by molar-refractivity contribution is 5.74. The first-order chi connectivity index (χ1) is 10.2. The van der Waals surface area contributed by atoms with Crippen LogP contribution >= 0.6 is 0 Å². The van der Waals surface area contributed by atoms with E-state index >= 15 is 0 Å². The predicted molar refractivity (Wildman–Crippen MR) is 81.5 cm³/mol. The van der Waals surface area contributed by atoms with Gasteiger partial charge in [-0.1, -0.05) is 12.1 Å². The van der Waals surface area contributed by atoms with Crippen LogP contribution in [0, 0.1) is 0 Å². The summed E-state index contributed by atoms with van der Waals surface area (Å²) in [7, 11) is 1.66. The second-order valence-electron chi connectivity index (χ2n) is 5.21. The first kappa shape index (κ1) is 15.6. The summed E-state index contributed by atoms with van der Waals surface area (Å²) in [6, 6.07) is 7.88. The van der Waals surface area contributed by atoms with Crippen molar-refractivity contribution < 1.29 is 14.3 Å². The highest BCUT2D eigenvalue weighted by atomic mass is 16.5. The van der Waals surface area contributed by atoms with Crippen LogP contribution in [-0.2, 0) is 11.3 Å². The SMILES string of the molecule is CCNC(=O)N1CCCC(OCc2cccc(OC)c2)C1. The van der Waals surface area contributed by atoms with Gasteiger partial charge in [-0.25, -0.2) is 4.79 Å². The summed E-state index contributed by atoms with van der Waals surface area (Å²) in [6.07, 6.45) is 2.09. The molecule has 5 heteroatoms. The Labute approximate surface area is 126 Å². The molecule has 1 aromatic carbocycles. The number of amides is 2. The summed E-state index contributed by atoms with van der Waals surface area (Å²) >= 11 is 0. The number of carbonyl (C=O) groups excluding carboxylic acids is 1. The van der Waals surface area contributed by atoms with E-state index < -0.39 is 0 Å². The standard InChI is InChI=1S/C16H24N2O3/c1-3-17-16(19)18-9-5-8-15(11-18)21-12-13-6-4-7-14(10-13)20-2/h4,6-7,10,15H,3,5,8-9,11-12H2,1-2H3,(H,17,19). The molecule has 1 atom stereocenters. The summed E-state index contributed by atoms with van der Waals surface area (Å²) in [5.74, 6) is 0.837. The fourth-order valence-corrected chi connectivity index (χ4v) is 2.50. The summed E-state index contributed by atoms with van der Waals surface area (Å²) in [5, 5.41) is 2.84. The fraction of sp³-hybridized carbons (Fsp3) is 0.562. The van der Waals surface area contributed by atoms with Gasteiger partial charge in [0.25, 0.3) is 0 Å². The fourth-order valence-electron chi connectivity index (χ4n) is 2.50. The van der Waals surface area contributed by atoms with E-state index in [9.17, 15) is 4.79 Å². The van der Waals surface area contributed by atoms with Crippen LogP contribution in [0.25, 0.3) is 0 Å². The molecule has 0 spiro atoms. The average Bonchev–Trinajstić information content (AvgIpc) is 2.53. The molecule has 1 saturated heterocycles. The molecule has 0 bridgehead atoms. The maximum Gasteiger partial charge on any atom is 0.317 e. The molecule has 5 nitrogen and oxygen atoms in total. The van der Waals surface area contributed by atoms with Crippen LogP contribution in [0.2, 0.25) is 0 Å². The van der Waals surface area contributed by atoms with Gasteiger partial charge < -0.3 is 19.7 Å². The number of hydrogen-bond acceptors (Lipinski definition) is 3. The van der Waals surface area contributed by atoms with Gasteiger partial charge in [-0.2, -0.15) is 0 Å². The number of ether oxygens (including phenoxy) is 2. The topological polar surface area (TPSA) is 50.8 Å². The van der Waals surface area contributed by atoms with E-state index in [1.807, 2.05) is 36.1 Å². The van der Waals surface area contributed by atoms with Gasteiger partial charge >= 0.3 is 6.03 Å². The van der Waals surface area contributed by atoms with E-state index in [4.69, 9.17) is 9.47 Å². The zero-order valence-electron chi connectivity index (χ0n) is 12.8. The number of likely N-dealkylation sites (tertiary alicyclic amines) is 1. The van der Waals surface area contributed by atoms with E-state index in [1.54, 1.807) is 7.11 Å². The van der Waals surface area contributed by atoms with Crippen LogP contribution in [0.15, 0.2) is 24.3 Å². The molecule has 1 N–H and O–H groups in total. The number of methoxy groups -OCH3 is 1. The number of piperidine rings is 1. The minimum absolute atomic E-state index is 0.00665. The molecule has 21 heavy (non-hydrogen) atoms. The number of benzene rings is 1. The lowest BCUT2D eigenvalue weighted by Crippen LogP contribution is -2.47. The summed E-state index contributed by atoms with van der Waals surface area (Å²) in [4.78, 5) is 13.7. The van der Waals surface area contributed by atoms with Crippen molar-refractivity contribution in [1.82, 2.24) is 10.2 Å². The highest BCUT2D eigenvalue weighted by Crippen LogP contribution is 2.17. The Morgan fingerprint density at radius 2 is 2.33 bits per heavy atom. The number of rotatable bonds is 5. The summed E-state index contributed by atoms with van der Waals surface area (Å²) in [6.45, 7) is 4.61. The van der Waals surface area contributed by atoms with Crippen molar-refractivity contribution in [3.05, 3.63) is 29.8 Å². The molecule has 1 aliphatic heterocycles. The first-order valence-electron chi connectivity index (χ1n) is 7.50. The van der Waals surface area contributed by atoms with Crippen LogP contribution in [-0.4, -0.2) is 43.8 Å². The van der Waals surface area contributed by atoms with Crippen molar-refractivity contribution in [1.29, 1.82) is 0 Å². The minimum Gasteiger partial charge on any atom is -0.497 e. The van der Waals surface area contributed by atoms with Crippen molar-refractivity contribution in [3.8, 4) is 5.75 Å². The van der Waals surface area contributed by atoms with E-state index in [1.165, 1.54) is 0 Å². The van der Waals surface area contributed by atoms with Crippen molar-refractivity contribution in [2.24, 2.45) is 0 Å². The zero-order valence-corrected chi connectivity index (χ0v) is 12.8. The molecule has 2 amide bonds. The number of hydrogen-bond donors (Lipinski definition) is 1. The largest absolute Gasteiger partial charge is 0.497 e. The van der Waals surface area contributed by atoms with Crippen LogP contribution in [0.5, 0.6) is 5.75 Å². The van der Waals surface area contributed by atoms with Gasteiger partial charge in [-0.3, -0.25) is 0 Å². The van der Waals surface area contributed by atoms with Gasteiger partial charge in [0.1, 0.15) is 5.75 Å².